The Morgan fingerprint density at radius 1 is 0.944 bits per heavy atom. The fraction of sp³-hybridized carbons (Fsp3) is 0.0625. The Balaban J connectivity index is 2.23. The summed E-state index contributed by atoms with van der Waals surface area (Å²) in [4.78, 5) is 12.7. The molecule has 0 heterocycles. The first-order chi connectivity index (χ1) is 8.66. The van der Waals surface area contributed by atoms with Crippen molar-refractivity contribution in [3.63, 3.8) is 0 Å². The van der Waals surface area contributed by atoms with Gasteiger partial charge in [-0.1, -0.05) is 60.2 Å². The summed E-state index contributed by atoms with van der Waals surface area (Å²) in [6.07, 6.45) is 1.56. The van der Waals surface area contributed by atoms with Gasteiger partial charge in [0.2, 0.25) is 0 Å². The van der Waals surface area contributed by atoms with Gasteiger partial charge in [-0.05, 0) is 18.6 Å². The highest BCUT2D eigenvalue weighted by Crippen LogP contribution is 2.18. The van der Waals surface area contributed by atoms with Crippen molar-refractivity contribution >= 4 is 23.3 Å². The largest absolute Gasteiger partial charge is 0.289 e. The number of hydrogen-bond acceptors (Lipinski definition) is 2. The average molecular weight is 254 g/mol. The van der Waals surface area contributed by atoms with Gasteiger partial charge in [-0.3, -0.25) is 4.79 Å². The summed E-state index contributed by atoms with van der Waals surface area (Å²) >= 11 is 4.37. The zero-order chi connectivity index (χ0) is 13.0. The third-order valence-electron chi connectivity index (χ3n) is 2.67. The summed E-state index contributed by atoms with van der Waals surface area (Å²) in [7, 11) is 0. The molecular weight excluding hydrogens is 240 g/mol. The Kier molecular flexibility index (Phi) is 4.00. The van der Waals surface area contributed by atoms with Crippen molar-refractivity contribution in [3.05, 3.63) is 77.4 Å². The van der Waals surface area contributed by atoms with Gasteiger partial charge in [-0.2, -0.15) is 0 Å². The monoisotopic (exact) mass is 254 g/mol. The third kappa shape index (κ3) is 3.11. The molecule has 18 heavy (non-hydrogen) atoms. The number of carbonyl (C=O) groups is 1. The molecule has 0 unspecified atom stereocenters. The molecule has 90 valence electrons. The second-order valence-corrected chi connectivity index (χ2v) is 4.61. The fourth-order valence-electron chi connectivity index (χ4n) is 1.62. The normalized spacial score (nSPS) is 11.3. The van der Waals surface area contributed by atoms with Crippen LogP contribution >= 0.6 is 12.6 Å². The lowest BCUT2D eigenvalue weighted by molar-refractivity contribution is 0.104. The number of aryl methyl sites for hydroxylation is 1. The molecule has 0 N–H and O–H groups in total. The highest BCUT2D eigenvalue weighted by atomic mass is 32.1. The van der Waals surface area contributed by atoms with Gasteiger partial charge < -0.3 is 0 Å². The molecule has 2 heteroatoms. The maximum Gasteiger partial charge on any atom is 0.186 e. The number of rotatable bonds is 3. The summed E-state index contributed by atoms with van der Waals surface area (Å²) in [5.41, 5.74) is 2.77. The third-order valence-corrected chi connectivity index (χ3v) is 3.06. The average Bonchev–Trinajstić information content (AvgIpc) is 2.40. The Morgan fingerprint density at radius 2 is 1.56 bits per heavy atom. The van der Waals surface area contributed by atoms with Crippen molar-refractivity contribution < 1.29 is 4.79 Å². The van der Waals surface area contributed by atoms with Crippen molar-refractivity contribution in [2.24, 2.45) is 0 Å². The fourth-order valence-corrected chi connectivity index (χ4v) is 1.88. The lowest BCUT2D eigenvalue weighted by atomic mass is 10.1. The molecule has 0 amide bonds. The van der Waals surface area contributed by atoms with Crippen molar-refractivity contribution in [1.82, 2.24) is 0 Å². The molecule has 2 aromatic rings. The van der Waals surface area contributed by atoms with Gasteiger partial charge in [-0.25, -0.2) is 0 Å². The molecule has 0 spiro atoms. The van der Waals surface area contributed by atoms with Crippen LogP contribution in [0.4, 0.5) is 0 Å². The highest BCUT2D eigenvalue weighted by molar-refractivity contribution is 7.90. The van der Waals surface area contributed by atoms with Gasteiger partial charge >= 0.3 is 0 Å². The van der Waals surface area contributed by atoms with E-state index >= 15 is 0 Å². The minimum atomic E-state index is -0.0242. The second-order valence-electron chi connectivity index (χ2n) is 4.13. The molecule has 0 aliphatic carbocycles. The van der Waals surface area contributed by atoms with Gasteiger partial charge in [-0.15, -0.1) is 12.6 Å². The molecular formula is C16H14OS. The van der Waals surface area contributed by atoms with Crippen LogP contribution in [0.15, 0.2) is 60.7 Å². The minimum absolute atomic E-state index is 0.0242. The smallest absolute Gasteiger partial charge is 0.186 e. The Bertz CT molecular complexity index is 568. The van der Waals surface area contributed by atoms with Crippen LogP contribution in [0.25, 0.3) is 4.91 Å². The van der Waals surface area contributed by atoms with E-state index in [-0.39, 0.29) is 5.78 Å². The van der Waals surface area contributed by atoms with Crippen molar-refractivity contribution in [3.8, 4) is 0 Å². The molecule has 2 aromatic carbocycles. The Morgan fingerprint density at radius 3 is 2.17 bits per heavy atom. The number of ketones is 1. The summed E-state index contributed by atoms with van der Waals surface area (Å²) in [5, 5.41) is 0. The van der Waals surface area contributed by atoms with Crippen LogP contribution in [0.1, 0.15) is 21.5 Å². The van der Waals surface area contributed by atoms with E-state index in [1.807, 2.05) is 61.5 Å². The second kappa shape index (κ2) is 5.69. The van der Waals surface area contributed by atoms with Crippen LogP contribution in [0, 0.1) is 6.92 Å². The lowest BCUT2D eigenvalue weighted by Crippen LogP contribution is -1.95. The van der Waals surface area contributed by atoms with E-state index in [4.69, 9.17) is 0 Å². The van der Waals surface area contributed by atoms with E-state index in [0.29, 0.717) is 10.5 Å². The predicted molar refractivity (Wildman–Crippen MR) is 78.9 cm³/mol. The van der Waals surface area contributed by atoms with E-state index < -0.39 is 0 Å². The quantitative estimate of drug-likeness (QED) is 0.494. The summed E-state index contributed by atoms with van der Waals surface area (Å²) in [5.74, 6) is -0.0242. The van der Waals surface area contributed by atoms with E-state index in [9.17, 15) is 4.79 Å². The zero-order valence-electron chi connectivity index (χ0n) is 10.1. The number of allylic oxidation sites excluding steroid dienone is 1. The minimum Gasteiger partial charge on any atom is -0.289 e. The maximum atomic E-state index is 12.0. The van der Waals surface area contributed by atoms with E-state index in [1.165, 1.54) is 0 Å². The number of hydrogen-bond donors (Lipinski definition) is 1. The SMILES string of the molecule is Cc1ccc(C(=O)/C=C(\S)c2ccccc2)cc1. The first-order valence-corrected chi connectivity index (χ1v) is 6.18. The van der Waals surface area contributed by atoms with Crippen LogP contribution in [0.3, 0.4) is 0 Å². The van der Waals surface area contributed by atoms with Gasteiger partial charge in [0.05, 0.1) is 0 Å². The maximum absolute atomic E-state index is 12.0. The topological polar surface area (TPSA) is 17.1 Å². The zero-order valence-corrected chi connectivity index (χ0v) is 11.0. The first kappa shape index (κ1) is 12.7. The summed E-state index contributed by atoms with van der Waals surface area (Å²) in [6.45, 7) is 2.00. The van der Waals surface area contributed by atoms with Crippen molar-refractivity contribution in [1.29, 1.82) is 0 Å². The lowest BCUT2D eigenvalue weighted by Gasteiger charge is -2.01. The molecule has 0 fully saturated rings. The standard InChI is InChI=1S/C16H14OS/c1-12-7-9-13(10-8-12)15(17)11-16(18)14-5-3-2-4-6-14/h2-11,18H,1H3/b16-11-. The number of thiol groups is 1. The molecule has 2 rings (SSSR count). The van der Waals surface area contributed by atoms with Crippen LogP contribution in [0.2, 0.25) is 0 Å². The van der Waals surface area contributed by atoms with Crippen LogP contribution in [0.5, 0.6) is 0 Å². The van der Waals surface area contributed by atoms with Gasteiger partial charge in [0.15, 0.2) is 5.78 Å². The van der Waals surface area contributed by atoms with Gasteiger partial charge in [0.1, 0.15) is 0 Å². The predicted octanol–water partition coefficient (Wildman–Crippen LogP) is 4.15. The van der Waals surface area contributed by atoms with E-state index in [0.717, 1.165) is 11.1 Å². The molecule has 0 atom stereocenters. The molecule has 0 aliphatic rings. The van der Waals surface area contributed by atoms with Crippen molar-refractivity contribution in [2.75, 3.05) is 0 Å². The molecule has 1 nitrogen and oxygen atoms in total. The van der Waals surface area contributed by atoms with Crippen LogP contribution in [-0.4, -0.2) is 5.78 Å². The van der Waals surface area contributed by atoms with E-state index in [1.54, 1.807) is 6.08 Å². The molecule has 0 saturated heterocycles. The van der Waals surface area contributed by atoms with E-state index in [2.05, 4.69) is 12.6 Å². The molecule has 0 saturated carbocycles. The number of benzene rings is 2. The summed E-state index contributed by atoms with van der Waals surface area (Å²) in [6, 6.07) is 17.2. The van der Waals surface area contributed by atoms with Crippen LogP contribution < -0.4 is 0 Å². The first-order valence-electron chi connectivity index (χ1n) is 5.74. The summed E-state index contributed by atoms with van der Waals surface area (Å²) < 4.78 is 0. The Hall–Kier alpha value is -1.80. The van der Waals surface area contributed by atoms with Crippen LogP contribution in [-0.2, 0) is 0 Å². The highest BCUT2D eigenvalue weighted by Gasteiger charge is 2.04. The van der Waals surface area contributed by atoms with Gasteiger partial charge in [0.25, 0.3) is 0 Å². The molecule has 0 aliphatic heterocycles. The molecule has 0 bridgehead atoms. The Labute approximate surface area is 113 Å². The van der Waals surface area contributed by atoms with Crippen molar-refractivity contribution in [2.45, 2.75) is 6.92 Å². The molecule has 0 aromatic heterocycles. The van der Waals surface area contributed by atoms with Gasteiger partial charge in [0, 0.05) is 10.5 Å². The molecule has 0 radical (unpaired) electrons. The number of carbonyl (C=O) groups excluding carboxylic acids is 1.